The van der Waals surface area contributed by atoms with E-state index in [4.69, 9.17) is 4.74 Å². The van der Waals surface area contributed by atoms with Gasteiger partial charge in [0.1, 0.15) is 6.61 Å². The third-order valence-electron chi connectivity index (χ3n) is 2.49. The summed E-state index contributed by atoms with van der Waals surface area (Å²) < 4.78 is 5.71. The van der Waals surface area contributed by atoms with E-state index in [-0.39, 0.29) is 17.9 Å². The Bertz CT molecular complexity index is 660. The van der Waals surface area contributed by atoms with Crippen molar-refractivity contribution < 1.29 is 14.5 Å². The van der Waals surface area contributed by atoms with Crippen LogP contribution in [0.25, 0.3) is 0 Å². The number of hydrogen-bond acceptors (Lipinski definition) is 5. The van der Waals surface area contributed by atoms with Gasteiger partial charge in [-0.25, -0.2) is 4.79 Å². The average Bonchev–Trinajstić information content (AvgIpc) is 2.45. The first-order chi connectivity index (χ1) is 9.58. The van der Waals surface area contributed by atoms with Gasteiger partial charge in [0.05, 0.1) is 16.1 Å². The Kier molecular flexibility index (Phi) is 4.41. The molecule has 2 aromatic rings. The number of halogens is 1. The van der Waals surface area contributed by atoms with Crippen molar-refractivity contribution in [2.45, 2.75) is 6.61 Å². The van der Waals surface area contributed by atoms with Gasteiger partial charge < -0.3 is 4.74 Å². The molecule has 0 atom stereocenters. The number of carbonyl (C=O) groups is 1. The summed E-state index contributed by atoms with van der Waals surface area (Å²) in [5.74, 6) is -0.586. The molecule has 6 nitrogen and oxygen atoms in total. The molecule has 20 heavy (non-hydrogen) atoms. The standard InChI is InChI=1S/C13H9BrN2O4/c14-11-5-10(6-15-7-11)13(17)20-8-9-3-1-2-4-12(9)16(18)19/h1-7H,8H2. The summed E-state index contributed by atoms with van der Waals surface area (Å²) in [7, 11) is 0. The molecule has 1 aromatic carbocycles. The number of nitrogens with zero attached hydrogens (tertiary/aromatic N) is 2. The van der Waals surface area contributed by atoms with E-state index in [1.165, 1.54) is 12.3 Å². The second-order valence-electron chi connectivity index (χ2n) is 3.85. The Balaban J connectivity index is 2.09. The molecule has 1 heterocycles. The maximum absolute atomic E-state index is 11.8. The van der Waals surface area contributed by atoms with Gasteiger partial charge in [0.15, 0.2) is 0 Å². The Hall–Kier alpha value is -2.28. The minimum Gasteiger partial charge on any atom is -0.457 e. The summed E-state index contributed by atoms with van der Waals surface area (Å²) in [6, 6.07) is 7.68. The van der Waals surface area contributed by atoms with Gasteiger partial charge in [-0.1, -0.05) is 12.1 Å². The van der Waals surface area contributed by atoms with E-state index in [1.54, 1.807) is 30.5 Å². The molecule has 2 rings (SSSR count). The fourth-order valence-electron chi connectivity index (χ4n) is 1.56. The van der Waals surface area contributed by atoms with E-state index in [0.29, 0.717) is 10.0 Å². The van der Waals surface area contributed by atoms with Crippen molar-refractivity contribution in [2.24, 2.45) is 0 Å². The molecule has 0 saturated carbocycles. The number of para-hydroxylation sites is 1. The molecule has 0 radical (unpaired) electrons. The summed E-state index contributed by atoms with van der Waals surface area (Å²) in [5, 5.41) is 10.8. The first-order valence-electron chi connectivity index (χ1n) is 5.58. The molecular formula is C13H9BrN2O4. The van der Waals surface area contributed by atoms with Crippen LogP contribution in [0.4, 0.5) is 5.69 Å². The maximum atomic E-state index is 11.8. The fraction of sp³-hybridized carbons (Fsp3) is 0.0769. The second-order valence-corrected chi connectivity index (χ2v) is 4.77. The number of aromatic nitrogens is 1. The lowest BCUT2D eigenvalue weighted by atomic mass is 10.2. The van der Waals surface area contributed by atoms with E-state index in [9.17, 15) is 14.9 Å². The monoisotopic (exact) mass is 336 g/mol. The minimum atomic E-state index is -0.586. The van der Waals surface area contributed by atoms with Crippen LogP contribution >= 0.6 is 15.9 Å². The zero-order chi connectivity index (χ0) is 14.5. The second kappa shape index (κ2) is 6.25. The molecule has 0 aliphatic carbocycles. The lowest BCUT2D eigenvalue weighted by Crippen LogP contribution is -2.07. The molecule has 102 valence electrons. The first-order valence-corrected chi connectivity index (χ1v) is 6.37. The van der Waals surface area contributed by atoms with Gasteiger partial charge in [-0.15, -0.1) is 0 Å². The number of carbonyl (C=O) groups excluding carboxylic acids is 1. The number of nitro groups is 1. The van der Waals surface area contributed by atoms with Crippen molar-refractivity contribution in [3.63, 3.8) is 0 Å². The van der Waals surface area contributed by atoms with Crippen molar-refractivity contribution in [3.05, 3.63) is 68.4 Å². The summed E-state index contributed by atoms with van der Waals surface area (Å²) in [6.45, 7) is -0.164. The fourth-order valence-corrected chi connectivity index (χ4v) is 1.93. The molecule has 0 amide bonds. The van der Waals surface area contributed by atoms with E-state index >= 15 is 0 Å². The van der Waals surface area contributed by atoms with Crippen LogP contribution in [0.2, 0.25) is 0 Å². The molecule has 1 aromatic heterocycles. The number of ether oxygens (including phenoxy) is 1. The Morgan fingerprint density at radius 3 is 2.80 bits per heavy atom. The number of pyridine rings is 1. The van der Waals surface area contributed by atoms with Crippen LogP contribution < -0.4 is 0 Å². The van der Waals surface area contributed by atoms with Gasteiger partial charge >= 0.3 is 5.97 Å². The summed E-state index contributed by atoms with van der Waals surface area (Å²) in [4.78, 5) is 26.0. The topological polar surface area (TPSA) is 82.3 Å². The zero-order valence-electron chi connectivity index (χ0n) is 10.2. The molecule has 0 saturated heterocycles. The van der Waals surface area contributed by atoms with Gasteiger partial charge in [-0.3, -0.25) is 15.1 Å². The van der Waals surface area contributed by atoms with Gasteiger partial charge in [-0.05, 0) is 28.1 Å². The third-order valence-corrected chi connectivity index (χ3v) is 2.92. The van der Waals surface area contributed by atoms with Crippen molar-refractivity contribution in [1.82, 2.24) is 4.98 Å². The number of esters is 1. The highest BCUT2D eigenvalue weighted by Gasteiger charge is 2.15. The molecule has 0 unspecified atom stereocenters. The first kappa shape index (κ1) is 14.1. The van der Waals surface area contributed by atoms with E-state index < -0.39 is 10.9 Å². The highest BCUT2D eigenvalue weighted by Crippen LogP contribution is 2.19. The van der Waals surface area contributed by atoms with Gasteiger partial charge in [0.2, 0.25) is 0 Å². The van der Waals surface area contributed by atoms with Crippen LogP contribution in [-0.4, -0.2) is 15.9 Å². The number of nitro benzene ring substituents is 1. The van der Waals surface area contributed by atoms with Crippen LogP contribution in [0.3, 0.4) is 0 Å². The molecule has 0 bridgehead atoms. The zero-order valence-corrected chi connectivity index (χ0v) is 11.7. The Labute approximate surface area is 122 Å². The van der Waals surface area contributed by atoms with Gasteiger partial charge in [0, 0.05) is 22.9 Å². The largest absolute Gasteiger partial charge is 0.457 e. The molecule has 0 fully saturated rings. The average molecular weight is 337 g/mol. The van der Waals surface area contributed by atoms with E-state index in [2.05, 4.69) is 20.9 Å². The Morgan fingerprint density at radius 1 is 1.35 bits per heavy atom. The van der Waals surface area contributed by atoms with Crippen LogP contribution in [0, 0.1) is 10.1 Å². The van der Waals surface area contributed by atoms with Crippen LogP contribution in [0.1, 0.15) is 15.9 Å². The summed E-state index contributed by atoms with van der Waals surface area (Å²) in [6.07, 6.45) is 2.91. The van der Waals surface area contributed by atoms with Gasteiger partial charge in [-0.2, -0.15) is 0 Å². The molecule has 0 N–H and O–H groups in total. The smallest absolute Gasteiger partial charge is 0.340 e. The van der Waals surface area contributed by atoms with Crippen LogP contribution in [0.5, 0.6) is 0 Å². The molecule has 7 heteroatoms. The predicted octanol–water partition coefficient (Wildman–Crippen LogP) is 3.11. The van der Waals surface area contributed by atoms with Crippen LogP contribution in [0.15, 0.2) is 47.2 Å². The molecular weight excluding hydrogens is 328 g/mol. The van der Waals surface area contributed by atoms with Crippen molar-refractivity contribution in [3.8, 4) is 0 Å². The lowest BCUT2D eigenvalue weighted by molar-refractivity contribution is -0.385. The number of rotatable bonds is 4. The minimum absolute atomic E-state index is 0.0762. The van der Waals surface area contributed by atoms with Crippen molar-refractivity contribution in [2.75, 3.05) is 0 Å². The Morgan fingerprint density at radius 2 is 2.10 bits per heavy atom. The van der Waals surface area contributed by atoms with E-state index in [0.717, 1.165) is 0 Å². The quantitative estimate of drug-likeness (QED) is 0.486. The number of benzene rings is 1. The lowest BCUT2D eigenvalue weighted by Gasteiger charge is -2.05. The van der Waals surface area contributed by atoms with Crippen molar-refractivity contribution in [1.29, 1.82) is 0 Å². The van der Waals surface area contributed by atoms with E-state index in [1.807, 2.05) is 0 Å². The normalized spacial score (nSPS) is 10.1. The third kappa shape index (κ3) is 3.39. The summed E-state index contributed by atoms with van der Waals surface area (Å²) >= 11 is 3.20. The highest BCUT2D eigenvalue weighted by atomic mass is 79.9. The van der Waals surface area contributed by atoms with Crippen molar-refractivity contribution >= 4 is 27.6 Å². The predicted molar refractivity (Wildman–Crippen MR) is 74.2 cm³/mol. The highest BCUT2D eigenvalue weighted by molar-refractivity contribution is 9.10. The SMILES string of the molecule is O=C(OCc1ccccc1[N+](=O)[O-])c1cncc(Br)c1. The molecule has 0 aliphatic rings. The molecule has 0 aliphatic heterocycles. The van der Waals surface area contributed by atoms with Gasteiger partial charge in [0.25, 0.3) is 5.69 Å². The molecule has 0 spiro atoms. The summed E-state index contributed by atoms with van der Waals surface area (Å²) in [5.41, 5.74) is 0.541. The number of hydrogen-bond donors (Lipinski definition) is 0. The van der Waals surface area contributed by atoms with Crippen LogP contribution in [-0.2, 0) is 11.3 Å². The maximum Gasteiger partial charge on any atom is 0.340 e.